The molecule has 1 aromatic carbocycles. The molecule has 4 nitrogen and oxygen atoms in total. The van der Waals surface area contributed by atoms with Crippen LogP contribution in [-0.2, 0) is 11.3 Å². The van der Waals surface area contributed by atoms with Crippen LogP contribution in [0.25, 0.3) is 0 Å². The lowest BCUT2D eigenvalue weighted by Gasteiger charge is -2.17. The van der Waals surface area contributed by atoms with Gasteiger partial charge in [0, 0.05) is 22.8 Å². The van der Waals surface area contributed by atoms with Crippen molar-refractivity contribution in [2.24, 2.45) is 0 Å². The Balaban J connectivity index is 1.98. The Labute approximate surface area is 133 Å². The normalized spacial score (nSPS) is 12.1. The maximum atomic E-state index is 11.4. The van der Waals surface area contributed by atoms with E-state index in [2.05, 4.69) is 50.0 Å². The van der Waals surface area contributed by atoms with Crippen LogP contribution in [0.5, 0.6) is 0 Å². The highest BCUT2D eigenvalue weighted by molar-refractivity contribution is 9.10. The first-order valence-electron chi connectivity index (χ1n) is 6.89. The third-order valence-corrected chi connectivity index (χ3v) is 3.90. The minimum Gasteiger partial charge on any atom is -0.464 e. The number of hydrogen-bond acceptors (Lipinski definition) is 3. The van der Waals surface area contributed by atoms with Crippen molar-refractivity contribution in [2.45, 2.75) is 25.9 Å². The van der Waals surface area contributed by atoms with Crippen molar-refractivity contribution in [2.75, 3.05) is 7.11 Å². The van der Waals surface area contributed by atoms with Gasteiger partial charge in [0.25, 0.3) is 0 Å². The van der Waals surface area contributed by atoms with Gasteiger partial charge in [-0.25, -0.2) is 4.79 Å². The van der Waals surface area contributed by atoms with E-state index in [1.165, 1.54) is 12.7 Å². The molecule has 0 bridgehead atoms. The summed E-state index contributed by atoms with van der Waals surface area (Å²) in [5.74, 6) is -0.346. The number of aromatic nitrogens is 1. The smallest absolute Gasteiger partial charge is 0.354 e. The zero-order chi connectivity index (χ0) is 15.2. The van der Waals surface area contributed by atoms with Crippen LogP contribution in [0.15, 0.2) is 40.9 Å². The molecule has 0 aliphatic heterocycles. The molecule has 21 heavy (non-hydrogen) atoms. The van der Waals surface area contributed by atoms with Gasteiger partial charge in [0.05, 0.1) is 7.11 Å². The van der Waals surface area contributed by atoms with Gasteiger partial charge < -0.3 is 15.0 Å². The molecule has 2 rings (SSSR count). The molecular weight excluding hydrogens is 332 g/mol. The first kappa shape index (κ1) is 15.8. The van der Waals surface area contributed by atoms with Crippen molar-refractivity contribution < 1.29 is 9.53 Å². The van der Waals surface area contributed by atoms with E-state index in [0.29, 0.717) is 12.2 Å². The number of carbonyl (C=O) groups is 1. The van der Waals surface area contributed by atoms with E-state index in [1.807, 2.05) is 18.2 Å². The molecule has 0 aliphatic carbocycles. The van der Waals surface area contributed by atoms with Crippen LogP contribution in [0, 0.1) is 0 Å². The number of H-pyrrole nitrogens is 1. The summed E-state index contributed by atoms with van der Waals surface area (Å²) in [5.41, 5.74) is 2.69. The second-order valence-corrected chi connectivity index (χ2v) is 5.70. The predicted molar refractivity (Wildman–Crippen MR) is 86.1 cm³/mol. The first-order chi connectivity index (χ1) is 10.1. The van der Waals surface area contributed by atoms with E-state index in [1.54, 1.807) is 6.07 Å². The van der Waals surface area contributed by atoms with Gasteiger partial charge in [-0.15, -0.1) is 0 Å². The zero-order valence-electron chi connectivity index (χ0n) is 12.2. The van der Waals surface area contributed by atoms with E-state index < -0.39 is 0 Å². The molecule has 0 saturated carbocycles. The van der Waals surface area contributed by atoms with Gasteiger partial charge in [-0.3, -0.25) is 0 Å². The fraction of sp³-hybridized carbons (Fsp3) is 0.312. The lowest BCUT2D eigenvalue weighted by atomic mass is 10.0. The number of hydrogen-bond donors (Lipinski definition) is 2. The summed E-state index contributed by atoms with van der Waals surface area (Å²) in [7, 11) is 1.38. The number of nitrogens with one attached hydrogen (secondary N) is 2. The number of rotatable bonds is 6. The molecule has 0 aliphatic rings. The van der Waals surface area contributed by atoms with Crippen molar-refractivity contribution in [1.82, 2.24) is 10.3 Å². The summed E-state index contributed by atoms with van der Waals surface area (Å²) in [4.78, 5) is 14.5. The second kappa shape index (κ2) is 7.43. The molecule has 112 valence electrons. The third kappa shape index (κ3) is 4.19. The van der Waals surface area contributed by atoms with E-state index in [0.717, 1.165) is 16.6 Å². The molecule has 1 aromatic heterocycles. The predicted octanol–water partition coefficient (Wildman–Crippen LogP) is 3.80. The first-order valence-corrected chi connectivity index (χ1v) is 7.68. The number of methoxy groups -OCH3 is 1. The van der Waals surface area contributed by atoms with Crippen molar-refractivity contribution in [3.8, 4) is 0 Å². The van der Waals surface area contributed by atoms with Gasteiger partial charge in [-0.1, -0.05) is 35.0 Å². The quantitative estimate of drug-likeness (QED) is 0.779. The zero-order valence-corrected chi connectivity index (χ0v) is 13.7. The molecule has 0 fully saturated rings. The Morgan fingerprint density at radius 2 is 2.00 bits per heavy atom. The maximum absolute atomic E-state index is 11.4. The molecule has 0 amide bonds. The van der Waals surface area contributed by atoms with Crippen molar-refractivity contribution in [3.05, 3.63) is 57.8 Å². The Hall–Kier alpha value is -1.59. The summed E-state index contributed by atoms with van der Waals surface area (Å²) in [6.07, 6.45) is 0.992. The molecular formula is C16H19BrN2O2. The van der Waals surface area contributed by atoms with Gasteiger partial charge in [-0.05, 0) is 36.2 Å². The average molecular weight is 351 g/mol. The van der Waals surface area contributed by atoms with Crippen molar-refractivity contribution in [1.29, 1.82) is 0 Å². The molecule has 0 saturated heterocycles. The molecule has 1 heterocycles. The lowest BCUT2D eigenvalue weighted by Crippen LogP contribution is -2.20. The minimum atomic E-state index is -0.346. The summed E-state index contributed by atoms with van der Waals surface area (Å²) in [5, 5.41) is 3.49. The van der Waals surface area contributed by atoms with E-state index in [-0.39, 0.29) is 12.0 Å². The monoisotopic (exact) mass is 350 g/mol. The lowest BCUT2D eigenvalue weighted by molar-refractivity contribution is 0.0594. The standard InChI is InChI=1S/C16H19BrN2O2/c1-3-14(11-4-6-12(17)7-5-11)18-10-13-8-9-15(19-13)16(20)21-2/h4-9,14,18-19H,3,10H2,1-2H3. The fourth-order valence-electron chi connectivity index (χ4n) is 2.20. The Morgan fingerprint density at radius 3 is 2.62 bits per heavy atom. The summed E-state index contributed by atoms with van der Waals surface area (Å²) < 4.78 is 5.76. The molecule has 0 radical (unpaired) electrons. The summed E-state index contributed by atoms with van der Waals surface area (Å²) in [6, 6.07) is 12.2. The molecule has 1 atom stereocenters. The van der Waals surface area contributed by atoms with Gasteiger partial charge in [0.2, 0.25) is 0 Å². The molecule has 0 spiro atoms. The molecule has 5 heteroatoms. The van der Waals surface area contributed by atoms with Crippen LogP contribution in [0.2, 0.25) is 0 Å². The van der Waals surface area contributed by atoms with Gasteiger partial charge >= 0.3 is 5.97 Å². The van der Waals surface area contributed by atoms with Crippen LogP contribution < -0.4 is 5.32 Å². The number of aromatic amines is 1. The van der Waals surface area contributed by atoms with Gasteiger partial charge in [0.15, 0.2) is 0 Å². The van der Waals surface area contributed by atoms with Gasteiger partial charge in [-0.2, -0.15) is 0 Å². The molecule has 2 N–H and O–H groups in total. The van der Waals surface area contributed by atoms with Crippen LogP contribution >= 0.6 is 15.9 Å². The Bertz CT molecular complexity index is 593. The highest BCUT2D eigenvalue weighted by atomic mass is 79.9. The summed E-state index contributed by atoms with van der Waals surface area (Å²) in [6.45, 7) is 2.82. The van der Waals surface area contributed by atoms with Crippen LogP contribution in [-0.4, -0.2) is 18.1 Å². The number of ether oxygens (including phenoxy) is 1. The maximum Gasteiger partial charge on any atom is 0.354 e. The third-order valence-electron chi connectivity index (χ3n) is 3.37. The van der Waals surface area contributed by atoms with Crippen molar-refractivity contribution >= 4 is 21.9 Å². The highest BCUT2D eigenvalue weighted by Crippen LogP contribution is 2.20. The van der Waals surface area contributed by atoms with Crippen LogP contribution in [0.4, 0.5) is 0 Å². The van der Waals surface area contributed by atoms with Gasteiger partial charge in [0.1, 0.15) is 5.69 Å². The number of halogens is 1. The second-order valence-electron chi connectivity index (χ2n) is 4.78. The minimum absolute atomic E-state index is 0.281. The Kier molecular flexibility index (Phi) is 5.59. The number of carbonyl (C=O) groups excluding carboxylic acids is 1. The molecule has 2 aromatic rings. The van der Waals surface area contributed by atoms with E-state index in [9.17, 15) is 4.79 Å². The largest absolute Gasteiger partial charge is 0.464 e. The number of esters is 1. The molecule has 1 unspecified atom stereocenters. The van der Waals surface area contributed by atoms with Crippen LogP contribution in [0.1, 0.15) is 41.1 Å². The van der Waals surface area contributed by atoms with Crippen molar-refractivity contribution in [3.63, 3.8) is 0 Å². The topological polar surface area (TPSA) is 54.1 Å². The average Bonchev–Trinajstić information content (AvgIpc) is 2.97. The van der Waals surface area contributed by atoms with E-state index in [4.69, 9.17) is 0 Å². The number of benzene rings is 1. The fourth-order valence-corrected chi connectivity index (χ4v) is 2.46. The SMILES string of the molecule is CCC(NCc1ccc(C(=O)OC)[nH]1)c1ccc(Br)cc1. The van der Waals surface area contributed by atoms with E-state index >= 15 is 0 Å². The van der Waals surface area contributed by atoms with Crippen LogP contribution in [0.3, 0.4) is 0 Å². The highest BCUT2D eigenvalue weighted by Gasteiger charge is 2.11. The Morgan fingerprint density at radius 1 is 1.29 bits per heavy atom. The summed E-state index contributed by atoms with van der Waals surface area (Å²) >= 11 is 3.45.